The van der Waals surface area contributed by atoms with Crippen LogP contribution in [-0.4, -0.2) is 71.9 Å². The van der Waals surface area contributed by atoms with Crippen molar-refractivity contribution in [3.8, 4) is 5.75 Å². The van der Waals surface area contributed by atoms with Gasteiger partial charge in [0.2, 0.25) is 0 Å². The Labute approximate surface area is 209 Å². The summed E-state index contributed by atoms with van der Waals surface area (Å²) in [6, 6.07) is 9.23. The number of aliphatic hydroxyl groups is 2. The molecule has 4 unspecified atom stereocenters. The zero-order valence-corrected chi connectivity index (χ0v) is 21.1. The number of carbonyl (C=O) groups excluding carboxylic acids is 2. The molecule has 1 fully saturated rings. The normalized spacial score (nSPS) is 21.3. The third kappa shape index (κ3) is 10.8. The Morgan fingerprint density at radius 3 is 2.66 bits per heavy atom. The molecule has 194 valence electrons. The lowest BCUT2D eigenvalue weighted by molar-refractivity contribution is -0.144. The summed E-state index contributed by atoms with van der Waals surface area (Å²) in [6.07, 6.45) is 8.12. The monoisotopic (exact) mass is 487 g/mol. The van der Waals surface area contributed by atoms with Crippen LogP contribution in [0.2, 0.25) is 0 Å². The fraction of sp³-hybridized carbons (Fsp3) is 0.571. The molecule has 0 bridgehead atoms. The highest BCUT2D eigenvalue weighted by Gasteiger charge is 2.39. The van der Waals surface area contributed by atoms with Gasteiger partial charge in [-0.2, -0.15) is 0 Å². The first kappa shape index (κ1) is 28.8. The Kier molecular flexibility index (Phi) is 13.3. The van der Waals surface area contributed by atoms with Crippen LogP contribution < -0.4 is 4.74 Å². The third-order valence-corrected chi connectivity index (χ3v) is 6.33. The SMILES string of the molecule is CCN(CC)CCOC(=O)CCCC=CCC1C(=O)CC(O)C1C=CC(O)COc1ccccc1. The first-order valence-corrected chi connectivity index (χ1v) is 12.7. The number of nitrogens with zero attached hydrogens (tertiary/aromatic N) is 1. The maximum absolute atomic E-state index is 12.4. The molecule has 35 heavy (non-hydrogen) atoms. The van der Waals surface area contributed by atoms with Crippen molar-refractivity contribution in [1.82, 2.24) is 4.90 Å². The molecule has 0 aromatic heterocycles. The lowest BCUT2D eigenvalue weighted by atomic mass is 9.90. The Morgan fingerprint density at radius 1 is 1.20 bits per heavy atom. The van der Waals surface area contributed by atoms with Crippen LogP contribution in [0.25, 0.3) is 0 Å². The van der Waals surface area contributed by atoms with Gasteiger partial charge >= 0.3 is 5.97 Å². The molecule has 1 aliphatic carbocycles. The summed E-state index contributed by atoms with van der Waals surface area (Å²) in [4.78, 5) is 26.4. The van der Waals surface area contributed by atoms with E-state index < -0.39 is 12.2 Å². The molecule has 0 saturated heterocycles. The van der Waals surface area contributed by atoms with Crippen LogP contribution in [0.1, 0.15) is 46.0 Å². The molecule has 4 atom stereocenters. The van der Waals surface area contributed by atoms with Crippen LogP contribution in [0.4, 0.5) is 0 Å². The number of ketones is 1. The number of rotatable bonds is 16. The topological polar surface area (TPSA) is 96.3 Å². The van der Waals surface area contributed by atoms with Gasteiger partial charge in [-0.25, -0.2) is 0 Å². The van der Waals surface area contributed by atoms with E-state index in [0.29, 0.717) is 31.6 Å². The van der Waals surface area contributed by atoms with E-state index in [-0.39, 0.29) is 36.6 Å². The molecular formula is C28H41NO6. The second kappa shape index (κ2) is 16.2. The summed E-state index contributed by atoms with van der Waals surface area (Å²) in [6.45, 7) is 7.33. The van der Waals surface area contributed by atoms with Gasteiger partial charge < -0.3 is 24.6 Å². The van der Waals surface area contributed by atoms with Gasteiger partial charge in [0.25, 0.3) is 0 Å². The number of ether oxygens (including phenoxy) is 2. The first-order valence-electron chi connectivity index (χ1n) is 12.7. The molecule has 1 aromatic carbocycles. The molecule has 0 heterocycles. The summed E-state index contributed by atoms with van der Waals surface area (Å²) >= 11 is 0. The Hall–Kier alpha value is -2.48. The van der Waals surface area contributed by atoms with Crippen molar-refractivity contribution in [3.05, 3.63) is 54.6 Å². The Balaban J connectivity index is 1.69. The number of likely N-dealkylation sites (N-methyl/N-ethyl adjacent to an activating group) is 1. The molecule has 0 spiro atoms. The smallest absolute Gasteiger partial charge is 0.305 e. The number of para-hydroxylation sites is 1. The molecule has 0 amide bonds. The largest absolute Gasteiger partial charge is 0.491 e. The summed E-state index contributed by atoms with van der Waals surface area (Å²) in [5.41, 5.74) is 0. The molecular weight excluding hydrogens is 446 g/mol. The van der Waals surface area contributed by atoms with Crippen LogP contribution in [-0.2, 0) is 14.3 Å². The first-order chi connectivity index (χ1) is 16.9. The minimum atomic E-state index is -0.832. The molecule has 0 aliphatic heterocycles. The summed E-state index contributed by atoms with van der Waals surface area (Å²) < 4.78 is 10.8. The Bertz CT molecular complexity index is 805. The van der Waals surface area contributed by atoms with Gasteiger partial charge in [-0.3, -0.25) is 9.59 Å². The van der Waals surface area contributed by atoms with E-state index in [4.69, 9.17) is 9.47 Å². The van der Waals surface area contributed by atoms with E-state index in [1.165, 1.54) is 0 Å². The quantitative estimate of drug-likeness (QED) is 0.209. The van der Waals surface area contributed by atoms with Crippen LogP contribution in [0.5, 0.6) is 5.75 Å². The fourth-order valence-electron chi connectivity index (χ4n) is 4.16. The molecule has 1 aromatic rings. The van der Waals surface area contributed by atoms with Gasteiger partial charge in [0, 0.05) is 31.2 Å². The van der Waals surface area contributed by atoms with Crippen molar-refractivity contribution in [2.24, 2.45) is 11.8 Å². The lowest BCUT2D eigenvalue weighted by Gasteiger charge is -2.17. The Morgan fingerprint density at radius 2 is 1.94 bits per heavy atom. The van der Waals surface area contributed by atoms with E-state index in [0.717, 1.165) is 26.1 Å². The van der Waals surface area contributed by atoms with Gasteiger partial charge in [0.15, 0.2) is 0 Å². The molecule has 7 nitrogen and oxygen atoms in total. The number of Topliss-reactive ketones (excluding diaryl/α,β-unsaturated/α-hetero) is 1. The van der Waals surface area contributed by atoms with Crippen LogP contribution in [0.3, 0.4) is 0 Å². The lowest BCUT2D eigenvalue weighted by Crippen LogP contribution is -2.27. The van der Waals surface area contributed by atoms with E-state index in [1.807, 2.05) is 42.5 Å². The molecule has 1 aliphatic rings. The highest BCUT2D eigenvalue weighted by atomic mass is 16.5. The zero-order valence-electron chi connectivity index (χ0n) is 21.1. The second-order valence-electron chi connectivity index (χ2n) is 8.84. The van der Waals surface area contributed by atoms with Crippen molar-refractivity contribution in [1.29, 1.82) is 0 Å². The molecule has 2 rings (SSSR count). The average molecular weight is 488 g/mol. The summed E-state index contributed by atoms with van der Waals surface area (Å²) in [7, 11) is 0. The number of carbonyl (C=O) groups is 2. The van der Waals surface area contributed by atoms with Gasteiger partial charge in [0.1, 0.15) is 30.9 Å². The van der Waals surface area contributed by atoms with Gasteiger partial charge in [-0.15, -0.1) is 0 Å². The van der Waals surface area contributed by atoms with Crippen molar-refractivity contribution in [2.75, 3.05) is 32.8 Å². The predicted molar refractivity (Wildman–Crippen MR) is 136 cm³/mol. The molecule has 0 radical (unpaired) electrons. The van der Waals surface area contributed by atoms with Crippen molar-refractivity contribution in [2.45, 2.75) is 58.2 Å². The van der Waals surface area contributed by atoms with Crippen molar-refractivity contribution < 1.29 is 29.3 Å². The predicted octanol–water partition coefficient (Wildman–Crippen LogP) is 3.55. The maximum atomic E-state index is 12.4. The van der Waals surface area contributed by atoms with Crippen LogP contribution in [0.15, 0.2) is 54.6 Å². The van der Waals surface area contributed by atoms with Gasteiger partial charge in [-0.1, -0.05) is 56.4 Å². The van der Waals surface area contributed by atoms with Crippen molar-refractivity contribution in [3.63, 3.8) is 0 Å². The summed E-state index contributed by atoms with van der Waals surface area (Å²) in [5, 5.41) is 20.5. The zero-order chi connectivity index (χ0) is 25.5. The number of allylic oxidation sites excluding steroid dienone is 2. The second-order valence-corrected chi connectivity index (χ2v) is 8.84. The van der Waals surface area contributed by atoms with E-state index >= 15 is 0 Å². The van der Waals surface area contributed by atoms with Crippen molar-refractivity contribution >= 4 is 11.8 Å². The number of hydrogen-bond donors (Lipinski definition) is 2. The number of benzene rings is 1. The van der Waals surface area contributed by atoms with Gasteiger partial charge in [0.05, 0.1) is 6.10 Å². The number of hydrogen-bond acceptors (Lipinski definition) is 7. The van der Waals surface area contributed by atoms with E-state index in [2.05, 4.69) is 18.7 Å². The van der Waals surface area contributed by atoms with E-state index in [9.17, 15) is 19.8 Å². The fourth-order valence-corrected chi connectivity index (χ4v) is 4.16. The summed E-state index contributed by atoms with van der Waals surface area (Å²) in [5.74, 6) is -0.126. The van der Waals surface area contributed by atoms with Crippen LogP contribution >= 0.6 is 0 Å². The highest BCUT2D eigenvalue weighted by Crippen LogP contribution is 2.33. The third-order valence-electron chi connectivity index (χ3n) is 6.33. The minimum absolute atomic E-state index is 0.0311. The standard InChI is InChI=1S/C28H41NO6/c1-3-29(4-2)18-19-34-28(33)15-11-6-5-10-14-24-25(27(32)20-26(24)31)17-16-22(30)21-35-23-12-8-7-9-13-23/h5,7-10,12-13,16-17,22,24-25,27,30,32H,3-4,6,11,14-15,18-21H2,1-2H3. The number of aliphatic hydroxyl groups excluding tert-OH is 2. The highest BCUT2D eigenvalue weighted by molar-refractivity contribution is 5.84. The van der Waals surface area contributed by atoms with Gasteiger partial charge in [-0.05, 0) is 44.5 Å². The average Bonchev–Trinajstić information content (AvgIpc) is 3.13. The molecule has 7 heteroatoms. The van der Waals surface area contributed by atoms with E-state index in [1.54, 1.807) is 12.2 Å². The number of esters is 1. The molecule has 1 saturated carbocycles. The maximum Gasteiger partial charge on any atom is 0.305 e. The number of unbranched alkanes of at least 4 members (excludes halogenated alkanes) is 1. The van der Waals surface area contributed by atoms with Crippen LogP contribution in [0, 0.1) is 11.8 Å². The molecule has 2 N–H and O–H groups in total. The minimum Gasteiger partial charge on any atom is -0.491 e.